The number of alkyl halides is 3. The van der Waals surface area contributed by atoms with Gasteiger partial charge in [0.05, 0.1) is 5.56 Å². The number of aromatic nitrogens is 2. The number of nitrogens with zero attached hydrogens (tertiary/aromatic N) is 3. The molecule has 1 aromatic carbocycles. The standard InChI is InChI=1S/C21H23F3N4O2.H2/c1-12-5-13(2)28(12)19(29)17-10-26-20(27-11-17)25-9-14-6-16(15-3-4-15)8-18(7-14)30-21(22,23)24;/h6-8,10-13,15H,3-5,9H2,1-2H3,(H,25,26,27);1H/t12-,13+;. The molecule has 1 amide bonds. The second-order valence-electron chi connectivity index (χ2n) is 8.03. The van der Waals surface area contributed by atoms with E-state index in [0.29, 0.717) is 17.1 Å². The van der Waals surface area contributed by atoms with Crippen LogP contribution in [0.4, 0.5) is 19.1 Å². The van der Waals surface area contributed by atoms with E-state index in [1.165, 1.54) is 24.5 Å². The van der Waals surface area contributed by atoms with Gasteiger partial charge < -0.3 is 15.0 Å². The summed E-state index contributed by atoms with van der Waals surface area (Å²) in [7, 11) is 0. The van der Waals surface area contributed by atoms with Gasteiger partial charge in [-0.15, -0.1) is 13.2 Å². The van der Waals surface area contributed by atoms with Crippen LogP contribution in [-0.4, -0.2) is 39.2 Å². The molecule has 0 bridgehead atoms. The van der Waals surface area contributed by atoms with Gasteiger partial charge in [-0.1, -0.05) is 6.07 Å². The highest BCUT2D eigenvalue weighted by Gasteiger charge is 2.36. The zero-order valence-electron chi connectivity index (χ0n) is 16.7. The molecule has 0 spiro atoms. The molecule has 1 aliphatic carbocycles. The number of halogens is 3. The molecular formula is C21H25F3N4O2. The summed E-state index contributed by atoms with van der Waals surface area (Å²) in [5.74, 6) is 0.266. The summed E-state index contributed by atoms with van der Waals surface area (Å²) in [5, 5.41) is 2.99. The summed E-state index contributed by atoms with van der Waals surface area (Å²) in [6.07, 6.45) is 1.11. The van der Waals surface area contributed by atoms with Crippen LogP contribution in [0.25, 0.3) is 0 Å². The first-order chi connectivity index (χ1) is 14.2. The summed E-state index contributed by atoms with van der Waals surface area (Å²) < 4.78 is 42.0. The molecular weight excluding hydrogens is 397 g/mol. The van der Waals surface area contributed by atoms with Crippen LogP contribution >= 0.6 is 0 Å². The fraction of sp³-hybridized carbons (Fsp3) is 0.476. The van der Waals surface area contributed by atoms with Crippen molar-refractivity contribution in [1.82, 2.24) is 14.9 Å². The number of carbonyl (C=O) groups excluding carboxylic acids is 1. The van der Waals surface area contributed by atoms with Crippen LogP contribution < -0.4 is 10.1 Å². The van der Waals surface area contributed by atoms with E-state index >= 15 is 0 Å². The largest absolute Gasteiger partial charge is 0.573 e. The highest BCUT2D eigenvalue weighted by atomic mass is 19.4. The third kappa shape index (κ3) is 4.66. The van der Waals surface area contributed by atoms with Crippen LogP contribution in [0.3, 0.4) is 0 Å². The second-order valence-corrected chi connectivity index (χ2v) is 8.03. The summed E-state index contributed by atoms with van der Waals surface area (Å²) in [4.78, 5) is 22.7. The Hall–Kier alpha value is -2.84. The summed E-state index contributed by atoms with van der Waals surface area (Å²) in [6, 6.07) is 5.09. The van der Waals surface area contributed by atoms with Crippen molar-refractivity contribution < 1.29 is 24.1 Å². The molecule has 9 heteroatoms. The van der Waals surface area contributed by atoms with Gasteiger partial charge in [0.25, 0.3) is 5.91 Å². The van der Waals surface area contributed by atoms with Gasteiger partial charge in [-0.25, -0.2) is 9.97 Å². The van der Waals surface area contributed by atoms with Crippen molar-refractivity contribution in [2.24, 2.45) is 0 Å². The number of likely N-dealkylation sites (tertiary alicyclic amines) is 1. The van der Waals surface area contributed by atoms with Crippen LogP contribution in [0.2, 0.25) is 0 Å². The third-order valence-electron chi connectivity index (χ3n) is 5.49. The van der Waals surface area contributed by atoms with Crippen molar-refractivity contribution in [3.8, 4) is 5.75 Å². The molecule has 30 heavy (non-hydrogen) atoms. The number of anilines is 1. The molecule has 2 fully saturated rings. The lowest BCUT2D eigenvalue weighted by Crippen LogP contribution is -2.55. The predicted octanol–water partition coefficient (Wildman–Crippen LogP) is 4.73. The maximum absolute atomic E-state index is 12.6. The number of amides is 1. The minimum atomic E-state index is -4.73. The molecule has 1 saturated carbocycles. The lowest BCUT2D eigenvalue weighted by atomic mass is 9.95. The molecule has 2 heterocycles. The van der Waals surface area contributed by atoms with Gasteiger partial charge in [0.2, 0.25) is 5.95 Å². The summed E-state index contributed by atoms with van der Waals surface area (Å²) >= 11 is 0. The quantitative estimate of drug-likeness (QED) is 0.729. The lowest BCUT2D eigenvalue weighted by molar-refractivity contribution is -0.274. The van der Waals surface area contributed by atoms with E-state index in [9.17, 15) is 18.0 Å². The number of carbonyl (C=O) groups is 1. The Kier molecular flexibility index (Phi) is 5.29. The number of benzene rings is 1. The Balaban J connectivity index is 0.00000272. The van der Waals surface area contributed by atoms with Crippen molar-refractivity contribution in [2.45, 2.75) is 64.0 Å². The molecule has 2 aromatic rings. The van der Waals surface area contributed by atoms with Crippen LogP contribution in [0.5, 0.6) is 5.75 Å². The van der Waals surface area contributed by atoms with E-state index in [2.05, 4.69) is 20.0 Å². The maximum Gasteiger partial charge on any atom is 0.573 e. The van der Waals surface area contributed by atoms with Gasteiger partial charge in [-0.05, 0) is 62.3 Å². The van der Waals surface area contributed by atoms with E-state index in [1.54, 1.807) is 4.90 Å². The van der Waals surface area contributed by atoms with E-state index in [0.717, 1.165) is 24.8 Å². The number of hydrogen-bond acceptors (Lipinski definition) is 5. The van der Waals surface area contributed by atoms with Crippen molar-refractivity contribution in [3.05, 3.63) is 47.3 Å². The highest BCUT2D eigenvalue weighted by molar-refractivity contribution is 5.94. The van der Waals surface area contributed by atoms with Crippen LogP contribution in [0, 0.1) is 0 Å². The van der Waals surface area contributed by atoms with Crippen molar-refractivity contribution in [3.63, 3.8) is 0 Å². The Bertz CT molecular complexity index is 927. The van der Waals surface area contributed by atoms with Crippen molar-refractivity contribution in [2.75, 3.05) is 5.32 Å². The number of hydrogen-bond donors (Lipinski definition) is 1. The molecule has 2 aliphatic rings. The first-order valence-electron chi connectivity index (χ1n) is 9.98. The topological polar surface area (TPSA) is 67.4 Å². The fourth-order valence-corrected chi connectivity index (χ4v) is 3.91. The third-order valence-corrected chi connectivity index (χ3v) is 5.49. The summed E-state index contributed by atoms with van der Waals surface area (Å²) in [5.41, 5.74) is 1.90. The summed E-state index contributed by atoms with van der Waals surface area (Å²) in [6.45, 7) is 4.24. The van der Waals surface area contributed by atoms with Crippen LogP contribution in [0.1, 0.15) is 61.9 Å². The molecule has 0 radical (unpaired) electrons. The lowest BCUT2D eigenvalue weighted by Gasteiger charge is -2.45. The zero-order valence-corrected chi connectivity index (χ0v) is 16.7. The molecule has 6 nitrogen and oxygen atoms in total. The number of rotatable bonds is 6. The minimum Gasteiger partial charge on any atom is -0.406 e. The molecule has 1 aromatic heterocycles. The fourth-order valence-electron chi connectivity index (χ4n) is 3.91. The van der Waals surface area contributed by atoms with E-state index < -0.39 is 6.36 Å². The Morgan fingerprint density at radius 1 is 1.20 bits per heavy atom. The van der Waals surface area contributed by atoms with E-state index in [4.69, 9.17) is 0 Å². The van der Waals surface area contributed by atoms with Gasteiger partial charge in [-0.3, -0.25) is 4.79 Å². The van der Waals surface area contributed by atoms with Crippen molar-refractivity contribution in [1.29, 1.82) is 0 Å². The van der Waals surface area contributed by atoms with Crippen molar-refractivity contribution >= 4 is 11.9 Å². The van der Waals surface area contributed by atoms with E-state index in [-0.39, 0.29) is 37.6 Å². The Labute approximate surface area is 173 Å². The number of nitrogens with one attached hydrogen (secondary N) is 1. The number of ether oxygens (including phenoxy) is 1. The predicted molar refractivity (Wildman–Crippen MR) is 106 cm³/mol. The first-order valence-corrected chi connectivity index (χ1v) is 9.98. The van der Waals surface area contributed by atoms with Gasteiger partial charge in [-0.2, -0.15) is 0 Å². The highest BCUT2D eigenvalue weighted by Crippen LogP contribution is 2.42. The van der Waals surface area contributed by atoms with Gasteiger partial charge in [0.1, 0.15) is 5.75 Å². The molecule has 162 valence electrons. The Morgan fingerprint density at radius 2 is 1.87 bits per heavy atom. The zero-order chi connectivity index (χ0) is 21.5. The minimum absolute atomic E-state index is 0. The molecule has 4 rings (SSSR count). The normalized spacial score (nSPS) is 21.2. The van der Waals surface area contributed by atoms with Gasteiger partial charge in [0, 0.05) is 32.4 Å². The Morgan fingerprint density at radius 3 is 2.43 bits per heavy atom. The van der Waals surface area contributed by atoms with Gasteiger partial charge >= 0.3 is 6.36 Å². The van der Waals surface area contributed by atoms with Crippen LogP contribution in [0.15, 0.2) is 30.6 Å². The maximum atomic E-state index is 12.6. The monoisotopic (exact) mass is 422 g/mol. The molecule has 1 N–H and O–H groups in total. The average Bonchev–Trinajstić information content (AvgIpc) is 3.50. The van der Waals surface area contributed by atoms with Crippen LogP contribution in [-0.2, 0) is 6.54 Å². The van der Waals surface area contributed by atoms with E-state index in [1.807, 2.05) is 19.9 Å². The SMILES string of the molecule is C[C@@H]1C[C@H](C)N1C(=O)c1cnc(NCc2cc(OC(F)(F)F)cc(C3CC3)c2)nc1.[HH]. The molecule has 0 unspecified atom stereocenters. The van der Waals surface area contributed by atoms with Gasteiger partial charge in [0.15, 0.2) is 0 Å². The molecule has 1 saturated heterocycles. The molecule has 2 atom stereocenters. The second kappa shape index (κ2) is 7.77. The average molecular weight is 422 g/mol. The first kappa shape index (κ1) is 20.4. The molecule has 1 aliphatic heterocycles. The smallest absolute Gasteiger partial charge is 0.406 e.